The number of hydrogen-bond acceptors (Lipinski definition) is 3. The number of rotatable bonds is 3. The second kappa shape index (κ2) is 4.34. The van der Waals surface area contributed by atoms with Gasteiger partial charge in [0.15, 0.2) is 0 Å². The second-order valence-electron chi connectivity index (χ2n) is 3.64. The van der Waals surface area contributed by atoms with Crippen molar-refractivity contribution >= 4 is 11.8 Å². The van der Waals surface area contributed by atoms with Crippen LogP contribution in [0.4, 0.5) is 0 Å². The summed E-state index contributed by atoms with van der Waals surface area (Å²) >= 11 is 1.88. The molecule has 1 heterocycles. The van der Waals surface area contributed by atoms with Crippen LogP contribution >= 0.6 is 11.8 Å². The van der Waals surface area contributed by atoms with Gasteiger partial charge in [0.2, 0.25) is 0 Å². The molecule has 0 spiro atoms. The van der Waals surface area contributed by atoms with E-state index < -0.39 is 0 Å². The van der Waals surface area contributed by atoms with Crippen molar-refractivity contribution in [3.63, 3.8) is 0 Å². The SMILES string of the molecule is C[C@H](N)c1ccc(SC2COC2)cc1. The lowest BCUT2D eigenvalue weighted by molar-refractivity contribution is 0.0455. The molecule has 1 aliphatic heterocycles. The van der Waals surface area contributed by atoms with Crippen LogP contribution in [0, 0.1) is 0 Å². The van der Waals surface area contributed by atoms with Gasteiger partial charge in [-0.15, -0.1) is 11.8 Å². The molecule has 0 saturated carbocycles. The number of ether oxygens (including phenoxy) is 1. The van der Waals surface area contributed by atoms with E-state index >= 15 is 0 Å². The molecule has 1 aromatic carbocycles. The van der Waals surface area contributed by atoms with Gasteiger partial charge in [-0.05, 0) is 24.6 Å². The Kier molecular flexibility index (Phi) is 3.11. The van der Waals surface area contributed by atoms with Crippen molar-refractivity contribution in [3.05, 3.63) is 29.8 Å². The van der Waals surface area contributed by atoms with Crippen LogP contribution in [0.1, 0.15) is 18.5 Å². The summed E-state index contributed by atoms with van der Waals surface area (Å²) in [5, 5.41) is 0.649. The molecule has 0 aliphatic carbocycles. The number of hydrogen-bond donors (Lipinski definition) is 1. The summed E-state index contributed by atoms with van der Waals surface area (Å²) in [5.41, 5.74) is 6.97. The summed E-state index contributed by atoms with van der Waals surface area (Å²) in [5.74, 6) is 0. The molecular weight excluding hydrogens is 194 g/mol. The Hall–Kier alpha value is -0.510. The lowest BCUT2D eigenvalue weighted by atomic mass is 10.1. The first-order valence-corrected chi connectivity index (χ1v) is 5.73. The molecule has 0 amide bonds. The highest BCUT2D eigenvalue weighted by molar-refractivity contribution is 8.00. The standard InChI is InChI=1S/C11H15NOS/c1-8(12)9-2-4-10(5-3-9)14-11-6-13-7-11/h2-5,8,11H,6-7,12H2,1H3/t8-/m0/s1. The molecule has 0 radical (unpaired) electrons. The van der Waals surface area contributed by atoms with Gasteiger partial charge in [-0.25, -0.2) is 0 Å². The van der Waals surface area contributed by atoms with Crippen LogP contribution in [-0.4, -0.2) is 18.5 Å². The molecule has 1 atom stereocenters. The molecule has 0 aromatic heterocycles. The quantitative estimate of drug-likeness (QED) is 0.829. The first-order chi connectivity index (χ1) is 6.75. The highest BCUT2D eigenvalue weighted by Gasteiger charge is 2.19. The molecule has 2 nitrogen and oxygen atoms in total. The third-order valence-corrected chi connectivity index (χ3v) is 3.47. The summed E-state index contributed by atoms with van der Waals surface area (Å²) in [6, 6.07) is 8.61. The van der Waals surface area contributed by atoms with E-state index in [4.69, 9.17) is 10.5 Å². The van der Waals surface area contributed by atoms with Gasteiger partial charge in [0.05, 0.1) is 18.5 Å². The fraction of sp³-hybridized carbons (Fsp3) is 0.455. The van der Waals surface area contributed by atoms with E-state index in [-0.39, 0.29) is 6.04 Å². The van der Waals surface area contributed by atoms with Crippen LogP contribution in [0.5, 0.6) is 0 Å². The fourth-order valence-corrected chi connectivity index (χ4v) is 2.33. The van der Waals surface area contributed by atoms with E-state index in [1.54, 1.807) is 0 Å². The van der Waals surface area contributed by atoms with Crippen molar-refractivity contribution < 1.29 is 4.74 Å². The Morgan fingerprint density at radius 1 is 1.36 bits per heavy atom. The summed E-state index contributed by atoms with van der Waals surface area (Å²) in [6.45, 7) is 3.78. The maximum atomic E-state index is 5.78. The lowest BCUT2D eigenvalue weighted by Crippen LogP contribution is -2.29. The van der Waals surface area contributed by atoms with E-state index in [0.717, 1.165) is 13.2 Å². The van der Waals surface area contributed by atoms with Crippen LogP contribution in [0.2, 0.25) is 0 Å². The van der Waals surface area contributed by atoms with Crippen molar-refractivity contribution in [2.75, 3.05) is 13.2 Å². The molecule has 14 heavy (non-hydrogen) atoms. The van der Waals surface area contributed by atoms with Crippen LogP contribution in [0.25, 0.3) is 0 Å². The average molecular weight is 209 g/mol. The molecule has 0 unspecified atom stereocenters. The van der Waals surface area contributed by atoms with Gasteiger partial charge in [0, 0.05) is 10.9 Å². The molecule has 76 valence electrons. The second-order valence-corrected chi connectivity index (χ2v) is 5.01. The van der Waals surface area contributed by atoms with Crippen molar-refractivity contribution in [1.29, 1.82) is 0 Å². The van der Waals surface area contributed by atoms with Gasteiger partial charge in [0.1, 0.15) is 0 Å². The van der Waals surface area contributed by atoms with Crippen LogP contribution < -0.4 is 5.73 Å². The first kappa shape index (κ1) is 10.0. The van der Waals surface area contributed by atoms with Crippen LogP contribution in [0.15, 0.2) is 29.2 Å². The van der Waals surface area contributed by atoms with Crippen molar-refractivity contribution in [2.24, 2.45) is 5.73 Å². The minimum atomic E-state index is 0.126. The Balaban J connectivity index is 1.98. The predicted molar refractivity (Wildman–Crippen MR) is 59.5 cm³/mol. The number of nitrogens with two attached hydrogens (primary N) is 1. The normalized spacial score (nSPS) is 19.0. The molecule has 2 N–H and O–H groups in total. The Labute approximate surface area is 88.8 Å². The summed E-state index contributed by atoms with van der Waals surface area (Å²) in [4.78, 5) is 1.31. The smallest absolute Gasteiger partial charge is 0.0611 e. The molecule has 3 heteroatoms. The van der Waals surface area contributed by atoms with Crippen molar-refractivity contribution in [3.8, 4) is 0 Å². The lowest BCUT2D eigenvalue weighted by Gasteiger charge is -2.25. The van der Waals surface area contributed by atoms with Crippen molar-refractivity contribution in [1.82, 2.24) is 0 Å². The van der Waals surface area contributed by atoms with Gasteiger partial charge in [-0.1, -0.05) is 12.1 Å². The van der Waals surface area contributed by atoms with E-state index in [0.29, 0.717) is 5.25 Å². The first-order valence-electron chi connectivity index (χ1n) is 4.85. The third kappa shape index (κ3) is 2.29. The van der Waals surface area contributed by atoms with Crippen LogP contribution in [-0.2, 0) is 4.74 Å². The summed E-state index contributed by atoms with van der Waals surface area (Å²) < 4.78 is 5.13. The Morgan fingerprint density at radius 2 is 2.00 bits per heavy atom. The zero-order valence-corrected chi connectivity index (χ0v) is 9.09. The largest absolute Gasteiger partial charge is 0.379 e. The molecule has 1 saturated heterocycles. The minimum Gasteiger partial charge on any atom is -0.379 e. The maximum Gasteiger partial charge on any atom is 0.0611 e. The summed E-state index contributed by atoms with van der Waals surface area (Å²) in [7, 11) is 0. The van der Waals surface area contributed by atoms with E-state index in [1.165, 1.54) is 10.5 Å². The monoisotopic (exact) mass is 209 g/mol. The molecule has 0 bridgehead atoms. The molecule has 1 aliphatic rings. The zero-order valence-electron chi connectivity index (χ0n) is 8.27. The maximum absolute atomic E-state index is 5.78. The Morgan fingerprint density at radius 3 is 2.43 bits per heavy atom. The molecule has 1 aromatic rings. The predicted octanol–water partition coefficient (Wildman–Crippen LogP) is 2.20. The van der Waals surface area contributed by atoms with E-state index in [1.807, 2.05) is 18.7 Å². The van der Waals surface area contributed by atoms with E-state index in [2.05, 4.69) is 24.3 Å². The van der Waals surface area contributed by atoms with Gasteiger partial charge >= 0.3 is 0 Å². The highest BCUT2D eigenvalue weighted by Crippen LogP contribution is 2.28. The van der Waals surface area contributed by atoms with E-state index in [9.17, 15) is 0 Å². The highest BCUT2D eigenvalue weighted by atomic mass is 32.2. The number of benzene rings is 1. The Bertz CT molecular complexity index is 293. The zero-order chi connectivity index (χ0) is 9.97. The number of thioether (sulfide) groups is 1. The minimum absolute atomic E-state index is 0.126. The molecule has 1 fully saturated rings. The van der Waals surface area contributed by atoms with Gasteiger partial charge in [-0.2, -0.15) is 0 Å². The fourth-order valence-electron chi connectivity index (χ4n) is 1.32. The third-order valence-electron chi connectivity index (χ3n) is 2.32. The summed E-state index contributed by atoms with van der Waals surface area (Å²) in [6.07, 6.45) is 0. The molecule has 2 rings (SSSR count). The van der Waals surface area contributed by atoms with Crippen molar-refractivity contribution in [2.45, 2.75) is 23.1 Å². The molecular formula is C11H15NOS. The average Bonchev–Trinajstić information content (AvgIpc) is 2.12. The topological polar surface area (TPSA) is 35.2 Å². The van der Waals surface area contributed by atoms with Crippen LogP contribution in [0.3, 0.4) is 0 Å². The van der Waals surface area contributed by atoms with Gasteiger partial charge in [-0.3, -0.25) is 0 Å². The van der Waals surface area contributed by atoms with Gasteiger partial charge < -0.3 is 10.5 Å². The van der Waals surface area contributed by atoms with Gasteiger partial charge in [0.25, 0.3) is 0 Å².